The number of hydrogen-bond acceptors (Lipinski definition) is 8. The third-order valence-corrected chi connectivity index (χ3v) is 13.4. The van der Waals surface area contributed by atoms with Gasteiger partial charge < -0.3 is 14.8 Å². The van der Waals surface area contributed by atoms with E-state index in [1.807, 2.05) is 24.3 Å². The zero-order valence-corrected chi connectivity index (χ0v) is 33.5. The molecule has 1 aliphatic carbocycles. The first kappa shape index (κ1) is 37.8. The molecule has 58 heavy (non-hydrogen) atoms. The summed E-state index contributed by atoms with van der Waals surface area (Å²) in [6.45, 7) is 13.9. The number of fused-ring (bicyclic) bond motifs is 5. The Bertz CT molecular complexity index is 2480. The Kier molecular flexibility index (Phi) is 9.70. The van der Waals surface area contributed by atoms with Gasteiger partial charge in [0.05, 0.1) is 17.2 Å². The fraction of sp³-hybridized carbons (Fsp3) is 0.426. The average molecular weight is 776 g/mol. The van der Waals surface area contributed by atoms with Gasteiger partial charge in [0.25, 0.3) is 5.91 Å². The zero-order chi connectivity index (χ0) is 40.3. The summed E-state index contributed by atoms with van der Waals surface area (Å²) < 4.78 is 0. The molecule has 4 aromatic rings. The normalized spacial score (nSPS) is 21.0. The first-order valence-corrected chi connectivity index (χ1v) is 20.8. The first-order valence-electron chi connectivity index (χ1n) is 20.8. The number of piperazine rings is 1. The third kappa shape index (κ3) is 6.47. The van der Waals surface area contributed by atoms with E-state index in [2.05, 4.69) is 75.8 Å². The number of H-pyrrole nitrogens is 1. The van der Waals surface area contributed by atoms with Gasteiger partial charge >= 0.3 is 0 Å². The highest BCUT2D eigenvalue weighted by atomic mass is 16.2. The molecule has 5 aliphatic rings. The van der Waals surface area contributed by atoms with Crippen molar-refractivity contribution in [3.05, 3.63) is 98.7 Å². The van der Waals surface area contributed by atoms with E-state index in [0.717, 1.165) is 116 Å². The van der Waals surface area contributed by atoms with Gasteiger partial charge in [-0.05, 0) is 78.8 Å². The average Bonchev–Trinajstić information content (AvgIpc) is 3.80. The predicted molar refractivity (Wildman–Crippen MR) is 222 cm³/mol. The highest BCUT2D eigenvalue weighted by Crippen LogP contribution is 2.46. The SMILES string of the molecule is CCc1cc2c(cc1N1CCC(N3CCN(CCC#Cc4cccc5c4CN(C4CCC(=O)NC4=O)C5=O)CC3)CC1)C(C)(C)c1[nH]c3cc(C#N)ccc3c1C2=O. The summed E-state index contributed by atoms with van der Waals surface area (Å²) in [6.07, 6.45) is 4.37. The smallest absolute Gasteiger partial charge is 0.255 e. The second-order valence-corrected chi connectivity index (χ2v) is 17.0. The van der Waals surface area contributed by atoms with Gasteiger partial charge in [0, 0.05) is 116 Å². The number of anilines is 1. The van der Waals surface area contributed by atoms with Crippen LogP contribution < -0.4 is 10.2 Å². The summed E-state index contributed by atoms with van der Waals surface area (Å²) in [5.41, 5.74) is 9.26. The van der Waals surface area contributed by atoms with Crippen LogP contribution in [0.4, 0.5) is 5.69 Å². The zero-order valence-electron chi connectivity index (χ0n) is 33.5. The molecule has 11 nitrogen and oxygen atoms in total. The van der Waals surface area contributed by atoms with Gasteiger partial charge in [0.2, 0.25) is 11.8 Å². The fourth-order valence-electron chi connectivity index (χ4n) is 10.1. The van der Waals surface area contributed by atoms with Gasteiger partial charge in [-0.2, -0.15) is 5.26 Å². The minimum atomic E-state index is -0.632. The van der Waals surface area contributed by atoms with Crippen LogP contribution in [0, 0.1) is 23.2 Å². The van der Waals surface area contributed by atoms with Crippen LogP contribution in [0.25, 0.3) is 10.9 Å². The van der Waals surface area contributed by atoms with Crippen LogP contribution in [0.2, 0.25) is 0 Å². The van der Waals surface area contributed by atoms with E-state index in [4.69, 9.17) is 0 Å². The molecular weight excluding hydrogens is 727 g/mol. The van der Waals surface area contributed by atoms with Crippen LogP contribution in [-0.4, -0.2) is 101 Å². The number of hydrogen-bond donors (Lipinski definition) is 2. The molecule has 2 N–H and O–H groups in total. The van der Waals surface area contributed by atoms with Gasteiger partial charge in [-0.15, -0.1) is 0 Å². The maximum atomic E-state index is 14.1. The lowest BCUT2D eigenvalue weighted by molar-refractivity contribution is -0.136. The highest BCUT2D eigenvalue weighted by Gasteiger charge is 2.42. The van der Waals surface area contributed by atoms with Crippen molar-refractivity contribution in [3.8, 4) is 17.9 Å². The molecule has 4 aliphatic heterocycles. The molecule has 0 bridgehead atoms. The number of nitriles is 1. The monoisotopic (exact) mass is 775 g/mol. The molecule has 1 unspecified atom stereocenters. The lowest BCUT2D eigenvalue weighted by Gasteiger charge is -2.44. The van der Waals surface area contributed by atoms with Crippen molar-refractivity contribution < 1.29 is 19.2 Å². The van der Waals surface area contributed by atoms with Crippen molar-refractivity contribution in [2.75, 3.05) is 50.7 Å². The van der Waals surface area contributed by atoms with Crippen molar-refractivity contribution in [1.82, 2.24) is 25.0 Å². The van der Waals surface area contributed by atoms with Crippen LogP contribution in [0.5, 0.6) is 0 Å². The molecule has 3 fully saturated rings. The molecule has 296 valence electrons. The van der Waals surface area contributed by atoms with Crippen molar-refractivity contribution in [2.45, 2.75) is 83.3 Å². The maximum absolute atomic E-state index is 14.1. The quantitative estimate of drug-likeness (QED) is 0.200. The Labute approximate surface area is 339 Å². The van der Waals surface area contributed by atoms with Crippen molar-refractivity contribution >= 4 is 40.1 Å². The van der Waals surface area contributed by atoms with Crippen LogP contribution >= 0.6 is 0 Å². The van der Waals surface area contributed by atoms with E-state index < -0.39 is 17.4 Å². The number of amides is 3. The molecule has 1 atom stereocenters. The predicted octanol–water partition coefficient (Wildman–Crippen LogP) is 5.26. The largest absolute Gasteiger partial charge is 0.371 e. The second kappa shape index (κ2) is 14.9. The number of carbonyl (C=O) groups is 4. The summed E-state index contributed by atoms with van der Waals surface area (Å²) in [6, 6.07) is 17.7. The number of aryl methyl sites for hydroxylation is 1. The number of imide groups is 1. The van der Waals surface area contributed by atoms with Gasteiger partial charge in [-0.3, -0.25) is 34.3 Å². The van der Waals surface area contributed by atoms with E-state index in [9.17, 15) is 24.4 Å². The standard InChI is InChI=1S/C47H49N7O4/c1-4-30-25-35-37(47(2,3)44-42(43(35)56)34-12-11-29(27-48)24-38(34)49-44)26-40(30)53-18-15-32(16-19-53)52-22-20-51(21-23-52)17-6-5-8-31-9-7-10-33-36(31)28-54(46(33)58)39-13-14-41(55)50-45(39)57/h7,9-12,24-26,32,39,49H,4,6,13-23,28H2,1-3H3,(H,50,55,57). The topological polar surface area (TPSA) is 133 Å². The number of rotatable bonds is 6. The molecular formula is C47H49N7O4. The Morgan fingerprint density at radius 2 is 1.71 bits per heavy atom. The van der Waals surface area contributed by atoms with E-state index >= 15 is 0 Å². The van der Waals surface area contributed by atoms with Gasteiger partial charge in [-0.25, -0.2) is 0 Å². The van der Waals surface area contributed by atoms with Crippen LogP contribution in [0.15, 0.2) is 48.5 Å². The lowest BCUT2D eigenvalue weighted by Crippen LogP contribution is -2.53. The second-order valence-electron chi connectivity index (χ2n) is 17.0. The Hall–Kier alpha value is -5.75. The minimum absolute atomic E-state index is 0.0589. The summed E-state index contributed by atoms with van der Waals surface area (Å²) in [4.78, 5) is 64.3. The molecule has 0 radical (unpaired) electrons. The number of carbonyl (C=O) groups excluding carboxylic acids is 4. The van der Waals surface area contributed by atoms with E-state index in [-0.39, 0.29) is 24.0 Å². The first-order chi connectivity index (χ1) is 28.0. The maximum Gasteiger partial charge on any atom is 0.255 e. The van der Waals surface area contributed by atoms with Crippen molar-refractivity contribution in [3.63, 3.8) is 0 Å². The number of piperidine rings is 2. The third-order valence-electron chi connectivity index (χ3n) is 13.4. The molecule has 0 spiro atoms. The van der Waals surface area contributed by atoms with E-state index in [1.54, 1.807) is 17.0 Å². The van der Waals surface area contributed by atoms with Crippen molar-refractivity contribution in [2.24, 2.45) is 0 Å². The van der Waals surface area contributed by atoms with Crippen molar-refractivity contribution in [1.29, 1.82) is 5.26 Å². The Balaban J connectivity index is 0.796. The fourth-order valence-corrected chi connectivity index (χ4v) is 10.1. The van der Waals surface area contributed by atoms with Crippen LogP contribution in [-0.2, 0) is 28.0 Å². The lowest BCUT2D eigenvalue weighted by atomic mass is 9.70. The summed E-state index contributed by atoms with van der Waals surface area (Å²) in [5.74, 6) is 5.86. The summed E-state index contributed by atoms with van der Waals surface area (Å²) in [7, 11) is 0. The van der Waals surface area contributed by atoms with E-state index in [1.165, 1.54) is 11.3 Å². The molecule has 5 heterocycles. The number of aromatic amines is 1. The number of benzene rings is 3. The number of ketones is 1. The Morgan fingerprint density at radius 3 is 2.45 bits per heavy atom. The molecule has 3 saturated heterocycles. The van der Waals surface area contributed by atoms with Gasteiger partial charge in [0.1, 0.15) is 6.04 Å². The Morgan fingerprint density at radius 1 is 0.914 bits per heavy atom. The molecule has 11 heteroatoms. The molecule has 3 amide bonds. The molecule has 0 saturated carbocycles. The van der Waals surface area contributed by atoms with Gasteiger partial charge in [-0.1, -0.05) is 44.7 Å². The van der Waals surface area contributed by atoms with Crippen LogP contribution in [0.1, 0.15) is 113 Å². The summed E-state index contributed by atoms with van der Waals surface area (Å²) in [5, 5.41) is 12.7. The highest BCUT2D eigenvalue weighted by molar-refractivity contribution is 6.20. The summed E-state index contributed by atoms with van der Waals surface area (Å²) >= 11 is 0. The number of nitrogens with one attached hydrogen (secondary N) is 2. The molecule has 9 rings (SSSR count). The van der Waals surface area contributed by atoms with E-state index in [0.29, 0.717) is 30.1 Å². The molecule has 1 aromatic heterocycles. The van der Waals surface area contributed by atoms with Crippen LogP contribution in [0.3, 0.4) is 0 Å². The molecule has 3 aromatic carbocycles. The number of nitrogens with zero attached hydrogens (tertiary/aromatic N) is 5. The van der Waals surface area contributed by atoms with Gasteiger partial charge in [0.15, 0.2) is 5.78 Å². The minimum Gasteiger partial charge on any atom is -0.371 e. The number of aromatic nitrogens is 1.